The van der Waals surface area contributed by atoms with Crippen molar-refractivity contribution >= 4 is 69.0 Å². The number of aromatic nitrogens is 12. The van der Waals surface area contributed by atoms with Crippen LogP contribution in [0.1, 0.15) is 247 Å². The molecule has 7 aliphatic rings. The molecule has 4 aliphatic carbocycles. The molecule has 4 N–H and O–H groups in total. The van der Waals surface area contributed by atoms with Gasteiger partial charge in [0.25, 0.3) is 23.6 Å². The zero-order valence-electron chi connectivity index (χ0n) is 85.7. The van der Waals surface area contributed by atoms with Crippen LogP contribution < -0.4 is 0 Å². The van der Waals surface area contributed by atoms with Crippen LogP contribution in [-0.4, -0.2) is 195 Å². The second-order valence-corrected chi connectivity index (χ2v) is 43.1. The normalized spacial score (nSPS) is 24.6. The van der Waals surface area contributed by atoms with Crippen LogP contribution in [0.15, 0.2) is 97.1 Å². The van der Waals surface area contributed by atoms with Crippen molar-refractivity contribution in [2.24, 2.45) is 94.7 Å². The molecule has 9 atom stereocenters. The summed E-state index contributed by atoms with van der Waals surface area (Å²) in [6.07, 6.45) is 13.8. The highest BCUT2D eigenvalue weighted by Crippen LogP contribution is 2.50. The van der Waals surface area contributed by atoms with Gasteiger partial charge in [0.15, 0.2) is 23.3 Å². The van der Waals surface area contributed by atoms with Gasteiger partial charge in [-0.15, -0.1) is 0 Å². The molecule has 0 spiro atoms. The Labute approximate surface area is 825 Å². The summed E-state index contributed by atoms with van der Waals surface area (Å²) in [6, 6.07) is 33.1. The Morgan fingerprint density at radius 1 is 0.357 bits per heavy atom. The van der Waals surface area contributed by atoms with Gasteiger partial charge in [-0.3, -0.25) is 39.6 Å². The smallest absolute Gasteiger partial charge is 0.261 e. The summed E-state index contributed by atoms with van der Waals surface area (Å²) < 4.78 is 23.5. The third kappa shape index (κ3) is 20.9. The molecule has 738 valence electrons. The molecule has 11 heterocycles. The topological polar surface area (TPSA) is 259 Å². The molecule has 0 bridgehead atoms. The lowest BCUT2D eigenvalue weighted by atomic mass is 9.67. The Hall–Kier alpha value is -12.4. The zero-order valence-corrected chi connectivity index (χ0v) is 85.7. The molecule has 19 rings (SSSR count). The summed E-state index contributed by atoms with van der Waals surface area (Å²) >= 11 is 0. The van der Waals surface area contributed by atoms with Crippen LogP contribution in [0.5, 0.6) is 0 Å². The quantitative estimate of drug-likeness (QED) is 0.0587. The van der Waals surface area contributed by atoms with Crippen molar-refractivity contribution in [2.45, 2.75) is 207 Å². The fourth-order valence-corrected chi connectivity index (χ4v) is 24.7. The minimum Gasteiger partial charge on any atom is -0.378 e. The van der Waals surface area contributed by atoms with Gasteiger partial charge in [-0.2, -0.15) is 0 Å². The van der Waals surface area contributed by atoms with E-state index in [2.05, 4.69) is 218 Å². The molecule has 0 radical (unpaired) electrons. The molecular formula is C113H144N20O7. The third-order valence-corrected chi connectivity index (χ3v) is 32.3. The first-order valence-corrected chi connectivity index (χ1v) is 51.4. The van der Waals surface area contributed by atoms with Crippen molar-refractivity contribution in [2.75, 3.05) is 93.0 Å². The molecule has 27 nitrogen and oxygen atoms in total. The summed E-state index contributed by atoms with van der Waals surface area (Å²) in [7, 11) is 3.44. The third-order valence-electron chi connectivity index (χ3n) is 32.3. The van der Waals surface area contributed by atoms with E-state index in [1.165, 1.54) is 78.5 Å². The van der Waals surface area contributed by atoms with Gasteiger partial charge in [0.2, 0.25) is 22.7 Å². The number of benzene rings is 4. The average Bonchev–Trinajstić information content (AvgIpc) is 1.60. The fraction of sp³-hybridized carbons (Fsp3) is 0.540. The maximum absolute atomic E-state index is 13.8. The summed E-state index contributed by atoms with van der Waals surface area (Å²) in [5.41, 5.74) is 18.6. The Balaban J connectivity index is 0.000000135. The SMILES string of the molecule is [C-]#[N+]c1c(CC2C(C)CC(C)CC2C)c2nc(-c3ccc(C(C)CC)cc3)[nH]n2c1C(=O)N1CCOCC1.[C-]#[N+]c1c(CC2C(C)CC(C)CC2C)c2nc(-c3ccc(C)cc3)[nH]n2c1C(=O)N(C)C.[C-]#[N+]c1c(CC2C(C)CC(C)CC2C)c2nc(-c3ccc(C)cc3)[nH]n2c1C(=O)N1CCOCC1.[C-]#[N+]c1c(CC2C(C)CC(C)CC2C)c2nc(-c3ccc(C)cc3)[nH]n2c1C(=O)N1CCOCC1. The van der Waals surface area contributed by atoms with Crippen LogP contribution in [-0.2, 0) is 39.9 Å². The van der Waals surface area contributed by atoms with Crippen molar-refractivity contribution in [3.8, 4) is 45.6 Å². The lowest BCUT2D eigenvalue weighted by molar-refractivity contribution is 0.0297. The number of carbonyl (C=O) groups is 4. The average molecular weight is 1890 g/mol. The van der Waals surface area contributed by atoms with E-state index in [0.29, 0.717) is 241 Å². The van der Waals surface area contributed by atoms with Crippen LogP contribution in [0.4, 0.5) is 22.7 Å². The van der Waals surface area contributed by atoms with Gasteiger partial charge in [-0.25, -0.2) is 57.4 Å². The minimum absolute atomic E-state index is 0.124. The molecule has 3 aliphatic heterocycles. The number of aryl methyl sites for hydroxylation is 3. The molecule has 8 aromatic heterocycles. The number of aromatic amines is 4. The molecule has 4 amide bonds. The standard InChI is InChI=1S/C31H41N5O2.2C28H35N5O2.C26H33N5O/c1-7-20(3)23-8-10-24(11-9-23)29-33-30-26(18-25-21(4)16-19(2)17-22(25)5)27(32-6)28(36(30)34-29)31(37)35-12-14-38-15-13-35;2*1-17-6-8-21(9-7-17)26-30-27-23(16-22-19(3)14-18(2)15-20(22)4)24(29-5)25(33(27)31-26)28(34)32-10-12-35-13-11-32;1-15-8-10-19(11-9-15)24-28-25-21(14-20-17(3)12-16(2)13-18(20)4)22(27-5)23(31(25)29-24)26(32)30(6)7/h8-11,19-22,25H,7,12-18H2,1-5H3,(H,33,34);2*6-9,18-20,22H,10-16H2,1-4H3,(H,30,31);8-11,16-18,20H,12-14H2,1-4,6-7H3,(H,28,29). The Bertz CT molecular complexity index is 6360. The number of carbonyl (C=O) groups excluding carboxylic acids is 4. The number of morpholine rings is 3. The Kier molecular flexibility index (Phi) is 31.2. The van der Waals surface area contributed by atoms with Gasteiger partial charge in [0.05, 0.1) is 65.9 Å². The van der Waals surface area contributed by atoms with E-state index >= 15 is 0 Å². The number of hydrogen-bond donors (Lipinski definition) is 4. The highest BCUT2D eigenvalue weighted by atomic mass is 16.5. The molecule has 27 heteroatoms. The van der Waals surface area contributed by atoms with Crippen LogP contribution in [0.2, 0.25) is 0 Å². The van der Waals surface area contributed by atoms with E-state index in [4.69, 9.17) is 60.4 Å². The van der Waals surface area contributed by atoms with Crippen LogP contribution in [0, 0.1) is 142 Å². The van der Waals surface area contributed by atoms with Crippen molar-refractivity contribution in [3.63, 3.8) is 0 Å². The maximum Gasteiger partial charge on any atom is 0.261 e. The minimum atomic E-state index is -0.185. The molecule has 12 aromatic rings. The van der Waals surface area contributed by atoms with E-state index in [1.807, 2.05) is 36.4 Å². The van der Waals surface area contributed by atoms with Gasteiger partial charge in [-0.1, -0.05) is 211 Å². The first-order valence-electron chi connectivity index (χ1n) is 51.4. The number of nitrogens with one attached hydrogen (secondary N) is 4. The Morgan fingerprint density at radius 3 is 0.786 bits per heavy atom. The number of hydrogen-bond acceptors (Lipinski definition) is 11. The predicted molar refractivity (Wildman–Crippen MR) is 552 cm³/mol. The van der Waals surface area contributed by atoms with Crippen molar-refractivity contribution in [1.82, 2.24) is 78.0 Å². The molecule has 4 aromatic carbocycles. The van der Waals surface area contributed by atoms with Crippen LogP contribution in [0.3, 0.4) is 0 Å². The lowest BCUT2D eigenvalue weighted by Gasteiger charge is -2.38. The maximum atomic E-state index is 13.8. The summed E-state index contributed by atoms with van der Waals surface area (Å²) in [5.74, 6) is 12.1. The Morgan fingerprint density at radius 2 is 0.571 bits per heavy atom. The highest BCUT2D eigenvalue weighted by Gasteiger charge is 2.43. The van der Waals surface area contributed by atoms with Gasteiger partial charge < -0.3 is 33.8 Å². The molecular weight excluding hydrogens is 1750 g/mol. The van der Waals surface area contributed by atoms with E-state index in [1.54, 1.807) is 46.9 Å². The van der Waals surface area contributed by atoms with Crippen LogP contribution >= 0.6 is 0 Å². The largest absolute Gasteiger partial charge is 0.378 e. The first-order chi connectivity index (χ1) is 67.3. The predicted octanol–water partition coefficient (Wildman–Crippen LogP) is 23.5. The molecule has 3 saturated heterocycles. The summed E-state index contributed by atoms with van der Waals surface area (Å²) in [5, 5.41) is 13.5. The molecule has 7 fully saturated rings. The van der Waals surface area contributed by atoms with Crippen molar-refractivity contribution in [1.29, 1.82) is 0 Å². The summed E-state index contributed by atoms with van der Waals surface area (Å²) in [6.45, 7) is 77.2. The zero-order chi connectivity index (χ0) is 99.5. The van der Waals surface area contributed by atoms with E-state index in [9.17, 15) is 19.2 Å². The number of rotatable bonds is 18. The van der Waals surface area contributed by atoms with Gasteiger partial charge in [0, 0.05) is 97.9 Å². The van der Waals surface area contributed by atoms with Crippen molar-refractivity contribution < 1.29 is 33.4 Å². The van der Waals surface area contributed by atoms with Gasteiger partial charge >= 0.3 is 0 Å². The number of ether oxygens (including phenoxy) is 3. The van der Waals surface area contributed by atoms with Crippen molar-refractivity contribution in [3.05, 3.63) is 210 Å². The molecule has 140 heavy (non-hydrogen) atoms. The van der Waals surface area contributed by atoms with Gasteiger partial charge in [0.1, 0.15) is 45.4 Å². The number of amides is 4. The monoisotopic (exact) mass is 1890 g/mol. The second-order valence-electron chi connectivity index (χ2n) is 43.1. The van der Waals surface area contributed by atoms with E-state index in [-0.39, 0.29) is 23.6 Å². The lowest BCUT2D eigenvalue weighted by Crippen LogP contribution is -2.41. The number of nitrogens with zero attached hydrogens (tertiary/aromatic N) is 16. The first kappa shape index (κ1) is 101. The van der Waals surface area contributed by atoms with Crippen LogP contribution in [0.25, 0.3) is 87.5 Å². The molecule has 4 saturated carbocycles. The van der Waals surface area contributed by atoms with E-state index in [0.717, 1.165) is 106 Å². The van der Waals surface area contributed by atoms with Gasteiger partial charge in [-0.05, 0) is 210 Å². The fourth-order valence-electron chi connectivity index (χ4n) is 24.7. The van der Waals surface area contributed by atoms with E-state index < -0.39 is 0 Å². The second kappa shape index (κ2) is 43.4. The number of fused-ring (bicyclic) bond motifs is 4. The summed E-state index contributed by atoms with van der Waals surface area (Å²) in [4.78, 5) is 96.9. The molecule has 9 unspecified atom stereocenters. The highest BCUT2D eigenvalue weighted by molar-refractivity contribution is 6.04. The number of H-pyrrole nitrogens is 4.